The van der Waals surface area contributed by atoms with Gasteiger partial charge in [0.05, 0.1) is 11.6 Å². The van der Waals surface area contributed by atoms with Gasteiger partial charge in [0.15, 0.2) is 5.78 Å². The Morgan fingerprint density at radius 2 is 1.95 bits per heavy atom. The lowest BCUT2D eigenvalue weighted by Gasteiger charge is -2.52. The van der Waals surface area contributed by atoms with Gasteiger partial charge in [-0.15, -0.1) is 0 Å². The zero-order valence-corrected chi connectivity index (χ0v) is 14.3. The summed E-state index contributed by atoms with van der Waals surface area (Å²) in [4.78, 5) is 14.4. The molecule has 2 saturated heterocycles. The molecule has 2 aliphatic rings. The molecule has 0 N–H and O–H groups in total. The van der Waals surface area contributed by atoms with Crippen molar-refractivity contribution < 1.29 is 9.53 Å². The van der Waals surface area contributed by atoms with E-state index in [1.807, 2.05) is 0 Å². The van der Waals surface area contributed by atoms with Crippen molar-refractivity contribution in [3.8, 4) is 0 Å². The summed E-state index contributed by atoms with van der Waals surface area (Å²) in [6, 6.07) is 7.31. The minimum Gasteiger partial charge on any atom is -0.364 e. The number of ether oxygens (including phenoxy) is 1. The molecule has 0 saturated carbocycles. The third-order valence-corrected chi connectivity index (χ3v) is 5.92. The van der Waals surface area contributed by atoms with E-state index in [4.69, 9.17) is 4.74 Å². The fourth-order valence-corrected chi connectivity index (χ4v) is 4.32. The first-order chi connectivity index (χ1) is 10.3. The van der Waals surface area contributed by atoms with Gasteiger partial charge in [-0.3, -0.25) is 9.69 Å². The van der Waals surface area contributed by atoms with Crippen LogP contribution in [0.2, 0.25) is 0 Å². The Kier molecular flexibility index (Phi) is 3.90. The first kappa shape index (κ1) is 15.7. The topological polar surface area (TPSA) is 29.5 Å². The fraction of sp³-hybridized carbons (Fsp3) is 0.632. The van der Waals surface area contributed by atoms with Gasteiger partial charge in [-0.2, -0.15) is 0 Å². The molecular weight excluding hydrogens is 274 g/mol. The maximum atomic E-state index is 12.0. The van der Waals surface area contributed by atoms with Gasteiger partial charge in [0.25, 0.3) is 0 Å². The third kappa shape index (κ3) is 2.31. The van der Waals surface area contributed by atoms with Crippen LogP contribution < -0.4 is 0 Å². The fourth-order valence-electron chi connectivity index (χ4n) is 4.32. The molecule has 2 fully saturated rings. The highest BCUT2D eigenvalue weighted by molar-refractivity contribution is 5.83. The molecular formula is C19H27NO2. The van der Waals surface area contributed by atoms with E-state index in [9.17, 15) is 4.79 Å². The van der Waals surface area contributed by atoms with Crippen molar-refractivity contribution in [2.24, 2.45) is 5.92 Å². The number of aryl methyl sites for hydroxylation is 2. The molecule has 0 amide bonds. The normalized spacial score (nSPS) is 36.2. The van der Waals surface area contributed by atoms with E-state index in [1.54, 1.807) is 0 Å². The van der Waals surface area contributed by atoms with E-state index in [0.29, 0.717) is 18.4 Å². The van der Waals surface area contributed by atoms with Gasteiger partial charge in [0, 0.05) is 12.5 Å². The molecule has 2 heterocycles. The average Bonchev–Trinajstić information content (AvgIpc) is 2.84. The van der Waals surface area contributed by atoms with Crippen molar-refractivity contribution in [3.05, 3.63) is 34.9 Å². The number of Topliss-reactive ketones (excluding diaryl/α,β-unsaturated/α-hetero) is 1. The van der Waals surface area contributed by atoms with E-state index in [0.717, 1.165) is 6.42 Å². The Morgan fingerprint density at radius 1 is 1.23 bits per heavy atom. The van der Waals surface area contributed by atoms with Gasteiger partial charge in [0.2, 0.25) is 0 Å². The van der Waals surface area contributed by atoms with Crippen LogP contribution in [0.3, 0.4) is 0 Å². The van der Waals surface area contributed by atoms with Crippen LogP contribution in [-0.4, -0.2) is 36.0 Å². The Hall–Kier alpha value is -1.19. The summed E-state index contributed by atoms with van der Waals surface area (Å²) < 4.78 is 6.17. The van der Waals surface area contributed by atoms with Gasteiger partial charge >= 0.3 is 0 Å². The first-order valence-corrected chi connectivity index (χ1v) is 8.30. The molecule has 3 heteroatoms. The number of carbonyl (C=O) groups excluding carboxylic acids is 1. The Labute approximate surface area is 133 Å². The van der Waals surface area contributed by atoms with Crippen LogP contribution >= 0.6 is 0 Å². The highest BCUT2D eigenvalue weighted by atomic mass is 16.5. The summed E-state index contributed by atoms with van der Waals surface area (Å²) in [7, 11) is 2.17. The molecule has 1 aromatic carbocycles. The lowest BCUT2D eigenvalue weighted by Crippen LogP contribution is -2.56. The van der Waals surface area contributed by atoms with Crippen molar-refractivity contribution in [1.82, 2.24) is 4.90 Å². The molecule has 3 nitrogen and oxygen atoms in total. The molecule has 0 radical (unpaired) electrons. The maximum Gasteiger partial charge on any atom is 0.161 e. The Balaban J connectivity index is 2.09. The molecule has 4 atom stereocenters. The van der Waals surface area contributed by atoms with E-state index >= 15 is 0 Å². The molecule has 3 rings (SSSR count). The summed E-state index contributed by atoms with van der Waals surface area (Å²) in [5, 5.41) is 0. The third-order valence-electron chi connectivity index (χ3n) is 5.92. The van der Waals surface area contributed by atoms with E-state index < -0.39 is 0 Å². The minimum absolute atomic E-state index is 0.150. The highest BCUT2D eigenvalue weighted by Crippen LogP contribution is 2.50. The van der Waals surface area contributed by atoms with Crippen molar-refractivity contribution in [2.75, 3.05) is 13.7 Å². The molecule has 2 aliphatic heterocycles. The average molecular weight is 301 g/mol. The monoisotopic (exact) mass is 301 g/mol. The number of hydrogen-bond donors (Lipinski definition) is 0. The van der Waals surface area contributed by atoms with Gasteiger partial charge in [-0.25, -0.2) is 0 Å². The number of benzene rings is 1. The lowest BCUT2D eigenvalue weighted by atomic mass is 9.70. The standard InChI is InChI=1S/C19H27NO2/c1-12-6-7-16(8-13(12)2)18-19(10-17(21)11-22-19)14(3)9-15(4)20(18)5/h6-8,14-15,18H,9-11H2,1-5H3. The number of likely N-dealkylation sites (N-methyl/N-ethyl adjacent to an activating group) is 1. The smallest absolute Gasteiger partial charge is 0.161 e. The second-order valence-corrected chi connectivity index (χ2v) is 7.36. The SMILES string of the molecule is Cc1ccc(C2N(C)C(C)CC(C)C23CC(=O)CO3)cc1C. The number of rotatable bonds is 1. The molecule has 0 bridgehead atoms. The Bertz CT molecular complexity index is 597. The zero-order chi connectivity index (χ0) is 16.1. The van der Waals surface area contributed by atoms with Crippen molar-refractivity contribution in [2.45, 2.75) is 58.2 Å². The Morgan fingerprint density at radius 3 is 2.55 bits per heavy atom. The molecule has 0 aromatic heterocycles. The molecule has 4 unspecified atom stereocenters. The van der Waals surface area contributed by atoms with Crippen molar-refractivity contribution in [3.63, 3.8) is 0 Å². The molecule has 1 spiro atoms. The summed E-state index contributed by atoms with van der Waals surface area (Å²) in [6.07, 6.45) is 1.62. The van der Waals surface area contributed by atoms with E-state index in [2.05, 4.69) is 57.8 Å². The van der Waals surface area contributed by atoms with Crippen LogP contribution in [-0.2, 0) is 9.53 Å². The number of hydrogen-bond acceptors (Lipinski definition) is 3. The predicted molar refractivity (Wildman–Crippen MR) is 88.0 cm³/mol. The van der Waals surface area contributed by atoms with Crippen LogP contribution in [0.5, 0.6) is 0 Å². The molecule has 0 aliphatic carbocycles. The predicted octanol–water partition coefficient (Wildman–Crippen LogP) is 3.43. The zero-order valence-electron chi connectivity index (χ0n) is 14.3. The van der Waals surface area contributed by atoms with Crippen LogP contribution in [0.1, 0.15) is 49.4 Å². The number of nitrogens with zero attached hydrogens (tertiary/aromatic N) is 1. The van der Waals surface area contributed by atoms with E-state index in [1.165, 1.54) is 16.7 Å². The van der Waals surface area contributed by atoms with Crippen LogP contribution in [0.4, 0.5) is 0 Å². The molecule has 120 valence electrons. The number of ketones is 1. The van der Waals surface area contributed by atoms with Crippen LogP contribution in [0, 0.1) is 19.8 Å². The van der Waals surface area contributed by atoms with Gasteiger partial charge in [-0.05, 0) is 56.8 Å². The largest absolute Gasteiger partial charge is 0.364 e. The highest BCUT2D eigenvalue weighted by Gasteiger charge is 2.55. The summed E-state index contributed by atoms with van der Waals surface area (Å²) >= 11 is 0. The summed E-state index contributed by atoms with van der Waals surface area (Å²) in [6.45, 7) is 9.08. The second kappa shape index (κ2) is 5.47. The van der Waals surface area contributed by atoms with Crippen molar-refractivity contribution >= 4 is 5.78 Å². The van der Waals surface area contributed by atoms with Gasteiger partial charge in [-0.1, -0.05) is 25.1 Å². The maximum absolute atomic E-state index is 12.0. The quantitative estimate of drug-likeness (QED) is 0.796. The summed E-state index contributed by atoms with van der Waals surface area (Å²) in [5.74, 6) is 0.625. The first-order valence-electron chi connectivity index (χ1n) is 8.30. The number of carbonyl (C=O) groups is 1. The lowest BCUT2D eigenvalue weighted by molar-refractivity contribution is -0.138. The van der Waals surface area contributed by atoms with Crippen LogP contribution in [0.15, 0.2) is 18.2 Å². The van der Waals surface area contributed by atoms with Crippen LogP contribution in [0.25, 0.3) is 0 Å². The van der Waals surface area contributed by atoms with Crippen molar-refractivity contribution in [1.29, 1.82) is 0 Å². The van der Waals surface area contributed by atoms with Gasteiger partial charge in [0.1, 0.15) is 6.61 Å². The van der Waals surface area contributed by atoms with E-state index in [-0.39, 0.29) is 24.0 Å². The summed E-state index contributed by atoms with van der Waals surface area (Å²) in [5.41, 5.74) is 3.52. The minimum atomic E-state index is -0.361. The molecule has 22 heavy (non-hydrogen) atoms. The van der Waals surface area contributed by atoms with Gasteiger partial charge < -0.3 is 4.74 Å². The second-order valence-electron chi connectivity index (χ2n) is 7.36. The molecule has 1 aromatic rings. The number of piperidine rings is 1. The number of likely N-dealkylation sites (tertiary alicyclic amines) is 1.